The maximum absolute atomic E-state index is 12.1. The molecule has 230 valence electrons. The lowest BCUT2D eigenvalue weighted by atomic mass is 9.94. The van der Waals surface area contributed by atoms with Crippen LogP contribution in [-0.2, 0) is 21.1 Å². The van der Waals surface area contributed by atoms with Crippen molar-refractivity contribution in [3.05, 3.63) is 101 Å². The third-order valence-electron chi connectivity index (χ3n) is 6.60. The monoisotopic (exact) mass is 599 g/mol. The highest BCUT2D eigenvalue weighted by molar-refractivity contribution is 5.72. The Morgan fingerprint density at radius 2 is 1.68 bits per heavy atom. The Bertz CT molecular complexity index is 1510. The molecule has 0 saturated carbocycles. The molecule has 0 radical (unpaired) electrons. The van der Waals surface area contributed by atoms with Crippen LogP contribution in [0.4, 0.5) is 4.53 Å². The fourth-order valence-electron chi connectivity index (χ4n) is 4.81. The van der Waals surface area contributed by atoms with Gasteiger partial charge in [-0.1, -0.05) is 44.2 Å². The molecule has 44 heavy (non-hydrogen) atoms. The van der Waals surface area contributed by atoms with Gasteiger partial charge in [-0.3, -0.25) is 4.94 Å². The Morgan fingerprint density at radius 1 is 0.977 bits per heavy atom. The number of benzene rings is 3. The number of aryl methyl sites for hydroxylation is 3. The van der Waals surface area contributed by atoms with Crippen LogP contribution in [0.2, 0.25) is 0 Å². The first-order valence-corrected chi connectivity index (χ1v) is 14.0. The van der Waals surface area contributed by atoms with Gasteiger partial charge in [-0.05, 0) is 78.4 Å². The van der Waals surface area contributed by atoms with Crippen LogP contribution in [0, 0.1) is 33.6 Å². The molecule has 2 heterocycles. The molecule has 1 aliphatic heterocycles. The Labute approximate surface area is 258 Å². The highest BCUT2D eigenvalue weighted by atomic mass is 19.3. The summed E-state index contributed by atoms with van der Waals surface area (Å²) in [6.45, 7) is 12.8. The quantitative estimate of drug-likeness (QED) is 0.188. The summed E-state index contributed by atoms with van der Waals surface area (Å²) in [7, 11) is 0. The van der Waals surface area contributed by atoms with E-state index >= 15 is 0 Å². The van der Waals surface area contributed by atoms with E-state index in [-0.39, 0.29) is 12.3 Å². The minimum absolute atomic E-state index is 0.0642. The van der Waals surface area contributed by atoms with Crippen molar-refractivity contribution in [1.82, 2.24) is 4.98 Å². The van der Waals surface area contributed by atoms with Crippen LogP contribution in [0.1, 0.15) is 54.0 Å². The summed E-state index contributed by atoms with van der Waals surface area (Å²) in [4.78, 5) is 26.9. The third-order valence-corrected chi connectivity index (χ3v) is 6.60. The Morgan fingerprint density at radius 3 is 2.32 bits per heavy atom. The van der Waals surface area contributed by atoms with E-state index < -0.39 is 5.97 Å². The van der Waals surface area contributed by atoms with E-state index in [1.165, 1.54) is 0 Å². The first-order chi connectivity index (χ1) is 21.4. The lowest BCUT2D eigenvalue weighted by Gasteiger charge is -2.15. The molecule has 0 fully saturated rings. The fourth-order valence-corrected chi connectivity index (χ4v) is 4.81. The summed E-state index contributed by atoms with van der Waals surface area (Å²) in [5, 5.41) is 0. The van der Waals surface area contributed by atoms with Gasteiger partial charge in [0.1, 0.15) is 30.6 Å². The second kappa shape index (κ2) is 17.7. The summed E-state index contributed by atoms with van der Waals surface area (Å²) >= 11 is 0. The lowest BCUT2D eigenvalue weighted by molar-refractivity contribution is -0.184. The number of pyridine rings is 1. The van der Waals surface area contributed by atoms with E-state index in [9.17, 15) is 9.32 Å². The molecule has 1 unspecified atom stereocenters. The van der Waals surface area contributed by atoms with Crippen LogP contribution in [0.25, 0.3) is 11.1 Å². The number of carbonyl (C=O) groups is 2. The first kappa shape index (κ1) is 35.0. The predicted molar refractivity (Wildman–Crippen MR) is 170 cm³/mol. The van der Waals surface area contributed by atoms with Gasteiger partial charge in [0.05, 0.1) is 13.0 Å². The fraction of sp³-hybridized carbons (Fsp3) is 0.250. The molecule has 1 atom stereocenters. The standard InChI is InChI=1S/C31H28FNO5.C2H6.C2H2.CH2O/c1-19-7-10-29(33-16-19)37-26-11-20(2)31(21(3)12-26)23-6-4-5-22(13-23)17-35-25-8-9-27-24(14-30(34)38-32)18-36-28(27)15-25;3*1-2/h4-13,15-16,24H,14,17-18H2,1-3H3;1-2H3;1-2H;1H2. The minimum atomic E-state index is -0.900. The van der Waals surface area contributed by atoms with E-state index in [2.05, 4.69) is 48.8 Å². The zero-order valence-electron chi connectivity index (χ0n) is 25.8. The summed E-state index contributed by atoms with van der Waals surface area (Å²) in [5.41, 5.74) is 7.41. The van der Waals surface area contributed by atoms with Gasteiger partial charge in [-0.15, -0.1) is 12.8 Å². The van der Waals surface area contributed by atoms with E-state index in [0.717, 1.165) is 44.7 Å². The number of fused-ring (bicyclic) bond motifs is 1. The molecule has 0 aliphatic carbocycles. The number of nitrogens with zero attached hydrogens (tertiary/aromatic N) is 1. The van der Waals surface area contributed by atoms with Crippen LogP contribution >= 0.6 is 0 Å². The SMILES string of the molecule is C#C.C=O.CC.Cc1ccc(Oc2cc(C)c(-c3cccc(COc4ccc5c(c4)OCC5CC(=O)OF)c3)c(C)c2)nc1. The number of hydrogen-bond acceptors (Lipinski definition) is 7. The van der Waals surface area contributed by atoms with Gasteiger partial charge in [-0.25, -0.2) is 9.78 Å². The molecule has 5 rings (SSSR count). The summed E-state index contributed by atoms with van der Waals surface area (Å²) in [5.74, 6) is 1.49. The van der Waals surface area contributed by atoms with Crippen molar-refractivity contribution in [2.45, 2.75) is 53.6 Å². The van der Waals surface area contributed by atoms with Crippen molar-refractivity contribution in [1.29, 1.82) is 0 Å². The molecular formula is C36H38FNO6. The normalized spacial score (nSPS) is 12.3. The molecule has 0 N–H and O–H groups in total. The van der Waals surface area contributed by atoms with Crippen LogP contribution in [0.5, 0.6) is 23.1 Å². The largest absolute Gasteiger partial charge is 0.492 e. The Hall–Kier alpha value is -5.16. The molecule has 0 bridgehead atoms. The maximum Gasteiger partial charge on any atom is 0.349 e. The second-order valence-corrected chi connectivity index (χ2v) is 9.56. The van der Waals surface area contributed by atoms with Gasteiger partial charge in [-0.2, -0.15) is 0 Å². The highest BCUT2D eigenvalue weighted by Crippen LogP contribution is 2.39. The van der Waals surface area contributed by atoms with Gasteiger partial charge in [0, 0.05) is 34.3 Å². The molecular weight excluding hydrogens is 561 g/mol. The Balaban J connectivity index is 0.00000106. The first-order valence-electron chi connectivity index (χ1n) is 14.0. The van der Waals surface area contributed by atoms with E-state index in [1.54, 1.807) is 12.3 Å². The second-order valence-electron chi connectivity index (χ2n) is 9.56. The highest BCUT2D eigenvalue weighted by Gasteiger charge is 2.27. The smallest absolute Gasteiger partial charge is 0.349 e. The third kappa shape index (κ3) is 9.17. The van der Waals surface area contributed by atoms with Crippen LogP contribution in [0.15, 0.2) is 72.9 Å². The van der Waals surface area contributed by atoms with Gasteiger partial charge in [0.2, 0.25) is 5.88 Å². The molecule has 1 aliphatic rings. The summed E-state index contributed by atoms with van der Waals surface area (Å²) in [6, 6.07) is 21.6. The van der Waals surface area contributed by atoms with Crippen LogP contribution in [-0.4, -0.2) is 24.3 Å². The molecule has 0 amide bonds. The number of terminal acetylenes is 1. The number of hydrogen-bond donors (Lipinski definition) is 0. The molecule has 8 heteroatoms. The van der Waals surface area contributed by atoms with E-state index in [1.807, 2.05) is 76.1 Å². The maximum atomic E-state index is 12.1. The molecule has 0 spiro atoms. The zero-order valence-corrected chi connectivity index (χ0v) is 25.8. The van der Waals surface area contributed by atoms with E-state index in [0.29, 0.717) is 30.6 Å². The Kier molecular flexibility index (Phi) is 14.1. The zero-order chi connectivity index (χ0) is 32.6. The van der Waals surface area contributed by atoms with Gasteiger partial charge < -0.3 is 19.0 Å². The summed E-state index contributed by atoms with van der Waals surface area (Å²) in [6.07, 6.45) is 9.72. The van der Waals surface area contributed by atoms with Crippen molar-refractivity contribution in [2.75, 3.05) is 6.61 Å². The van der Waals surface area contributed by atoms with Crippen LogP contribution < -0.4 is 14.2 Å². The van der Waals surface area contributed by atoms with Gasteiger partial charge in [0.15, 0.2) is 0 Å². The van der Waals surface area contributed by atoms with Crippen molar-refractivity contribution in [3.8, 4) is 47.1 Å². The number of aromatic nitrogens is 1. The average molecular weight is 600 g/mol. The van der Waals surface area contributed by atoms with Gasteiger partial charge >= 0.3 is 5.97 Å². The molecule has 3 aromatic carbocycles. The number of rotatable bonds is 8. The van der Waals surface area contributed by atoms with Crippen LogP contribution in [0.3, 0.4) is 0 Å². The lowest BCUT2D eigenvalue weighted by Crippen LogP contribution is -2.08. The summed E-state index contributed by atoms with van der Waals surface area (Å²) < 4.78 is 29.8. The number of carbonyl (C=O) groups excluding carboxylic acids is 2. The molecule has 1 aromatic heterocycles. The average Bonchev–Trinajstić information content (AvgIpc) is 3.45. The van der Waals surface area contributed by atoms with Crippen molar-refractivity contribution >= 4 is 12.8 Å². The molecule has 0 saturated heterocycles. The van der Waals surface area contributed by atoms with Crippen molar-refractivity contribution in [3.63, 3.8) is 0 Å². The van der Waals surface area contributed by atoms with Crippen molar-refractivity contribution < 1.29 is 33.3 Å². The molecule has 4 aromatic rings. The molecule has 7 nitrogen and oxygen atoms in total. The van der Waals surface area contributed by atoms with Crippen molar-refractivity contribution in [2.24, 2.45) is 0 Å². The number of ether oxygens (including phenoxy) is 3. The minimum Gasteiger partial charge on any atom is -0.492 e. The van der Waals surface area contributed by atoms with E-state index in [4.69, 9.17) is 19.0 Å². The predicted octanol–water partition coefficient (Wildman–Crippen LogP) is 8.43. The topological polar surface area (TPSA) is 84.0 Å². The number of halogens is 1. The van der Waals surface area contributed by atoms with Gasteiger partial charge in [0.25, 0.3) is 0 Å².